The molecule has 0 aromatic rings. The van der Waals surface area contributed by atoms with E-state index < -0.39 is 8.32 Å². The molecule has 13 heavy (non-hydrogen) atoms. The molecule has 0 amide bonds. The van der Waals surface area contributed by atoms with Crippen molar-refractivity contribution in [2.75, 3.05) is 0 Å². The monoisotopic (exact) mass is 200 g/mol. The van der Waals surface area contributed by atoms with E-state index in [1.165, 1.54) is 12.8 Å². The standard InChI is InChI=1S/C11H24OSi/c1-6-7-8-9-10-11(2,3)13(4,5)12/h6,12H,1,7-10H2,2-5H3. The third-order valence-corrected chi connectivity index (χ3v) is 6.68. The molecule has 0 rings (SSSR count). The van der Waals surface area contributed by atoms with E-state index in [4.69, 9.17) is 0 Å². The van der Waals surface area contributed by atoms with Crippen molar-refractivity contribution in [1.82, 2.24) is 0 Å². The minimum Gasteiger partial charge on any atom is -0.432 e. The van der Waals surface area contributed by atoms with Gasteiger partial charge in [0.15, 0.2) is 8.32 Å². The van der Waals surface area contributed by atoms with Crippen LogP contribution in [0, 0.1) is 0 Å². The molecule has 0 spiro atoms. The molecule has 0 aliphatic rings. The normalized spacial score (nSPS) is 13.0. The van der Waals surface area contributed by atoms with Crippen LogP contribution in [0.25, 0.3) is 0 Å². The Morgan fingerprint density at radius 3 is 2.23 bits per heavy atom. The van der Waals surface area contributed by atoms with Gasteiger partial charge in [-0.2, -0.15) is 0 Å². The molecule has 0 bridgehead atoms. The molecule has 78 valence electrons. The summed E-state index contributed by atoms with van der Waals surface area (Å²) in [6.45, 7) is 12.1. The summed E-state index contributed by atoms with van der Waals surface area (Å²) in [5.41, 5.74) is 0. The molecule has 0 unspecified atom stereocenters. The first-order chi connectivity index (χ1) is 5.81. The van der Waals surface area contributed by atoms with Crippen LogP contribution in [0.1, 0.15) is 39.5 Å². The lowest BCUT2D eigenvalue weighted by molar-refractivity contribution is 0.439. The minimum atomic E-state index is -1.97. The summed E-state index contributed by atoms with van der Waals surface area (Å²) in [4.78, 5) is 10.0. The molecule has 0 fully saturated rings. The van der Waals surface area contributed by atoms with Crippen molar-refractivity contribution < 1.29 is 4.80 Å². The van der Waals surface area contributed by atoms with Crippen LogP contribution in [0.4, 0.5) is 0 Å². The van der Waals surface area contributed by atoms with Gasteiger partial charge in [0.1, 0.15) is 0 Å². The maximum atomic E-state index is 10.0. The van der Waals surface area contributed by atoms with Crippen molar-refractivity contribution in [2.24, 2.45) is 0 Å². The lowest BCUT2D eigenvalue weighted by Gasteiger charge is -2.35. The van der Waals surface area contributed by atoms with Crippen LogP contribution in [0.2, 0.25) is 18.1 Å². The number of unbranched alkanes of at least 4 members (excludes halogenated alkanes) is 2. The van der Waals surface area contributed by atoms with E-state index in [1.54, 1.807) is 0 Å². The highest BCUT2D eigenvalue weighted by Crippen LogP contribution is 2.40. The van der Waals surface area contributed by atoms with Gasteiger partial charge in [0.25, 0.3) is 0 Å². The highest BCUT2D eigenvalue weighted by molar-refractivity contribution is 6.72. The Morgan fingerprint density at radius 1 is 1.31 bits per heavy atom. The van der Waals surface area contributed by atoms with Crippen molar-refractivity contribution in [2.45, 2.75) is 57.7 Å². The second-order valence-corrected chi connectivity index (χ2v) is 9.45. The van der Waals surface area contributed by atoms with E-state index >= 15 is 0 Å². The largest absolute Gasteiger partial charge is 0.432 e. The first kappa shape index (κ1) is 12.9. The molecule has 1 N–H and O–H groups in total. The molecule has 0 aromatic heterocycles. The van der Waals surface area contributed by atoms with Crippen molar-refractivity contribution >= 4 is 8.32 Å². The number of hydrogen-bond donors (Lipinski definition) is 1. The van der Waals surface area contributed by atoms with Gasteiger partial charge in [0, 0.05) is 0 Å². The lowest BCUT2D eigenvalue weighted by atomic mass is 10.0. The third kappa shape index (κ3) is 4.63. The Hall–Kier alpha value is -0.0831. The molecule has 0 radical (unpaired) electrons. The first-order valence-corrected chi connectivity index (χ1v) is 8.09. The van der Waals surface area contributed by atoms with E-state index in [-0.39, 0.29) is 5.04 Å². The van der Waals surface area contributed by atoms with Crippen LogP contribution in [0.15, 0.2) is 12.7 Å². The van der Waals surface area contributed by atoms with Gasteiger partial charge >= 0.3 is 0 Å². The maximum Gasteiger partial charge on any atom is 0.188 e. The SMILES string of the molecule is C=CCCCCC(C)(C)[Si](C)(C)O. The molecular weight excluding hydrogens is 176 g/mol. The predicted octanol–water partition coefficient (Wildman–Crippen LogP) is 3.71. The molecular formula is C11H24OSi. The van der Waals surface area contributed by atoms with E-state index in [0.717, 1.165) is 12.8 Å². The Balaban J connectivity index is 3.83. The average molecular weight is 200 g/mol. The number of rotatable bonds is 6. The maximum absolute atomic E-state index is 10.0. The zero-order chi connectivity index (χ0) is 10.5. The van der Waals surface area contributed by atoms with Gasteiger partial charge in [-0.1, -0.05) is 26.3 Å². The molecule has 0 atom stereocenters. The van der Waals surface area contributed by atoms with Gasteiger partial charge < -0.3 is 4.80 Å². The van der Waals surface area contributed by atoms with Crippen LogP contribution < -0.4 is 0 Å². The number of allylic oxidation sites excluding steroid dienone is 1. The summed E-state index contributed by atoms with van der Waals surface area (Å²) >= 11 is 0. The van der Waals surface area contributed by atoms with Gasteiger partial charge in [-0.05, 0) is 37.4 Å². The fourth-order valence-corrected chi connectivity index (χ4v) is 1.95. The Labute approximate surface area is 84.0 Å². The highest BCUT2D eigenvalue weighted by Gasteiger charge is 2.36. The second kappa shape index (κ2) is 4.96. The second-order valence-electron chi connectivity index (χ2n) is 4.98. The van der Waals surface area contributed by atoms with Crippen LogP contribution in [-0.4, -0.2) is 13.1 Å². The van der Waals surface area contributed by atoms with Gasteiger partial charge in [-0.25, -0.2) is 0 Å². The Morgan fingerprint density at radius 2 is 1.85 bits per heavy atom. The molecule has 0 saturated carbocycles. The smallest absolute Gasteiger partial charge is 0.188 e. The minimum absolute atomic E-state index is 0.147. The number of hydrogen-bond acceptors (Lipinski definition) is 1. The summed E-state index contributed by atoms with van der Waals surface area (Å²) in [5, 5.41) is 0.147. The highest BCUT2D eigenvalue weighted by atomic mass is 28.4. The summed E-state index contributed by atoms with van der Waals surface area (Å²) in [5.74, 6) is 0. The predicted molar refractivity (Wildman–Crippen MR) is 62.4 cm³/mol. The first-order valence-electron chi connectivity index (χ1n) is 5.14. The van der Waals surface area contributed by atoms with E-state index in [9.17, 15) is 4.80 Å². The summed E-state index contributed by atoms with van der Waals surface area (Å²) in [7, 11) is -1.97. The van der Waals surface area contributed by atoms with Gasteiger partial charge in [-0.15, -0.1) is 6.58 Å². The summed E-state index contributed by atoms with van der Waals surface area (Å²) < 4.78 is 0. The van der Waals surface area contributed by atoms with Crippen LogP contribution >= 0.6 is 0 Å². The van der Waals surface area contributed by atoms with Crippen LogP contribution in [-0.2, 0) is 0 Å². The van der Waals surface area contributed by atoms with Crippen molar-refractivity contribution in [3.05, 3.63) is 12.7 Å². The van der Waals surface area contributed by atoms with E-state index in [1.807, 2.05) is 19.2 Å². The molecule has 0 aromatic carbocycles. The van der Waals surface area contributed by atoms with Crippen LogP contribution in [0.3, 0.4) is 0 Å². The Bertz CT molecular complexity index is 156. The zero-order valence-corrected chi connectivity index (χ0v) is 10.6. The van der Waals surface area contributed by atoms with Crippen molar-refractivity contribution in [1.29, 1.82) is 0 Å². The van der Waals surface area contributed by atoms with E-state index in [2.05, 4.69) is 20.4 Å². The van der Waals surface area contributed by atoms with Crippen molar-refractivity contribution in [3.8, 4) is 0 Å². The topological polar surface area (TPSA) is 20.2 Å². The van der Waals surface area contributed by atoms with Gasteiger partial charge in [-0.3, -0.25) is 0 Å². The quantitative estimate of drug-likeness (QED) is 0.394. The molecule has 0 aliphatic carbocycles. The summed E-state index contributed by atoms with van der Waals surface area (Å²) in [6.07, 6.45) is 6.61. The fourth-order valence-electron chi connectivity index (χ4n) is 1.16. The molecule has 0 saturated heterocycles. The van der Waals surface area contributed by atoms with Crippen LogP contribution in [0.5, 0.6) is 0 Å². The van der Waals surface area contributed by atoms with Crippen molar-refractivity contribution in [3.63, 3.8) is 0 Å². The zero-order valence-electron chi connectivity index (χ0n) is 9.56. The molecule has 0 heterocycles. The van der Waals surface area contributed by atoms with Gasteiger partial charge in [0.2, 0.25) is 0 Å². The molecule has 0 aliphatic heterocycles. The molecule has 2 heteroatoms. The Kier molecular flexibility index (Phi) is 4.93. The fraction of sp³-hybridized carbons (Fsp3) is 0.818. The van der Waals surface area contributed by atoms with E-state index in [0.29, 0.717) is 0 Å². The summed E-state index contributed by atoms with van der Waals surface area (Å²) in [6, 6.07) is 0. The molecule has 1 nitrogen and oxygen atoms in total. The lowest BCUT2D eigenvalue weighted by Crippen LogP contribution is -2.38. The third-order valence-electron chi connectivity index (χ3n) is 3.12. The van der Waals surface area contributed by atoms with Gasteiger partial charge in [0.05, 0.1) is 0 Å². The average Bonchev–Trinajstić information content (AvgIpc) is 1.96.